The first-order chi connectivity index (χ1) is 6.97. The highest BCUT2D eigenvalue weighted by molar-refractivity contribution is 6.33. The Kier molecular flexibility index (Phi) is 3.52. The normalized spacial score (nSPS) is 9.93. The van der Waals surface area contributed by atoms with Crippen LogP contribution in [0, 0.1) is 5.82 Å². The maximum atomic E-state index is 13.5. The molecule has 1 aromatic carbocycles. The van der Waals surface area contributed by atoms with Crippen molar-refractivity contribution in [3.05, 3.63) is 28.5 Å². The molecule has 0 aromatic heterocycles. The van der Waals surface area contributed by atoms with Crippen LogP contribution in [-0.4, -0.2) is 27.2 Å². The summed E-state index contributed by atoms with van der Waals surface area (Å²) >= 11 is 5.82. The number of benzene rings is 1. The van der Waals surface area contributed by atoms with Crippen LogP contribution in [-0.2, 0) is 4.74 Å². The van der Waals surface area contributed by atoms with Crippen molar-refractivity contribution in [2.24, 2.45) is 0 Å². The smallest absolute Gasteiger partial charge is 0.339 e. The molecule has 0 N–H and O–H groups in total. The first kappa shape index (κ1) is 11.8. The number of rotatable bonds is 2. The molecule has 0 bridgehead atoms. The fourth-order valence-electron chi connectivity index (χ4n) is 1.15. The van der Waals surface area contributed by atoms with Gasteiger partial charge in [-0.15, -0.1) is 0 Å². The number of anilines is 1. The van der Waals surface area contributed by atoms with Gasteiger partial charge in [-0.05, 0) is 12.1 Å². The highest BCUT2D eigenvalue weighted by Crippen LogP contribution is 2.26. The van der Waals surface area contributed by atoms with Gasteiger partial charge in [-0.25, -0.2) is 9.18 Å². The molecular weight excluding hydrogens is 221 g/mol. The monoisotopic (exact) mass is 231 g/mol. The second-order valence-electron chi connectivity index (χ2n) is 3.17. The van der Waals surface area contributed by atoms with Gasteiger partial charge in [0.1, 0.15) is 5.82 Å². The van der Waals surface area contributed by atoms with Gasteiger partial charge in [-0.1, -0.05) is 11.6 Å². The number of carbonyl (C=O) groups excluding carboxylic acids is 1. The van der Waals surface area contributed by atoms with Crippen LogP contribution >= 0.6 is 11.6 Å². The number of carbonyl (C=O) groups is 1. The largest absolute Gasteiger partial charge is 0.465 e. The van der Waals surface area contributed by atoms with Crippen molar-refractivity contribution >= 4 is 23.3 Å². The van der Waals surface area contributed by atoms with Gasteiger partial charge in [0.25, 0.3) is 0 Å². The van der Waals surface area contributed by atoms with Crippen LogP contribution in [0.3, 0.4) is 0 Å². The third kappa shape index (κ3) is 2.39. The summed E-state index contributed by atoms with van der Waals surface area (Å²) in [6.45, 7) is 0. The third-order valence-corrected chi connectivity index (χ3v) is 2.24. The van der Waals surface area contributed by atoms with E-state index in [1.807, 2.05) is 0 Å². The lowest BCUT2D eigenvalue weighted by Crippen LogP contribution is -2.12. The lowest BCUT2D eigenvalue weighted by atomic mass is 10.2. The van der Waals surface area contributed by atoms with Crippen molar-refractivity contribution < 1.29 is 13.9 Å². The molecule has 3 nitrogen and oxygen atoms in total. The molecule has 0 aliphatic carbocycles. The zero-order valence-corrected chi connectivity index (χ0v) is 9.43. The zero-order valence-electron chi connectivity index (χ0n) is 8.67. The minimum absolute atomic E-state index is 0.0299. The molecule has 0 amide bonds. The average molecular weight is 232 g/mol. The first-order valence-electron chi connectivity index (χ1n) is 4.22. The van der Waals surface area contributed by atoms with E-state index in [0.717, 1.165) is 6.07 Å². The number of esters is 1. The Bertz CT molecular complexity index is 393. The van der Waals surface area contributed by atoms with Crippen LogP contribution < -0.4 is 4.90 Å². The van der Waals surface area contributed by atoms with E-state index in [2.05, 4.69) is 4.74 Å². The fourth-order valence-corrected chi connectivity index (χ4v) is 1.38. The van der Waals surface area contributed by atoms with Crippen LogP contribution in [0.4, 0.5) is 10.1 Å². The fraction of sp³-hybridized carbons (Fsp3) is 0.300. The minimum Gasteiger partial charge on any atom is -0.465 e. The summed E-state index contributed by atoms with van der Waals surface area (Å²) in [6.07, 6.45) is 0. The Balaban J connectivity index is 3.25. The number of hydrogen-bond donors (Lipinski definition) is 0. The van der Waals surface area contributed by atoms with Crippen LogP contribution in [0.5, 0.6) is 0 Å². The molecule has 15 heavy (non-hydrogen) atoms. The molecule has 0 saturated heterocycles. The Labute approximate surface area is 92.4 Å². The topological polar surface area (TPSA) is 29.5 Å². The van der Waals surface area contributed by atoms with E-state index in [-0.39, 0.29) is 10.6 Å². The molecule has 0 aliphatic heterocycles. The molecule has 5 heteroatoms. The SMILES string of the molecule is COC(=O)c1cc(F)c(N(C)C)cc1Cl. The van der Waals surface area contributed by atoms with Gasteiger partial charge in [-0.2, -0.15) is 0 Å². The quantitative estimate of drug-likeness (QED) is 0.732. The molecule has 0 heterocycles. The van der Waals surface area contributed by atoms with Crippen LogP contribution in [0.2, 0.25) is 5.02 Å². The average Bonchev–Trinajstić information content (AvgIpc) is 2.19. The van der Waals surface area contributed by atoms with Crippen LogP contribution in [0.1, 0.15) is 10.4 Å². The predicted molar refractivity (Wildman–Crippen MR) is 57.1 cm³/mol. The van der Waals surface area contributed by atoms with E-state index in [9.17, 15) is 9.18 Å². The summed E-state index contributed by atoms with van der Waals surface area (Å²) in [4.78, 5) is 12.8. The lowest BCUT2D eigenvalue weighted by molar-refractivity contribution is 0.0600. The molecule has 1 aromatic rings. The summed E-state index contributed by atoms with van der Waals surface area (Å²) in [5, 5.41) is 0.173. The van der Waals surface area contributed by atoms with Crippen molar-refractivity contribution in [3.8, 4) is 0 Å². The van der Waals surface area contributed by atoms with Gasteiger partial charge in [-0.3, -0.25) is 0 Å². The van der Waals surface area contributed by atoms with Gasteiger partial charge < -0.3 is 9.64 Å². The van der Waals surface area contributed by atoms with Gasteiger partial charge in [0, 0.05) is 14.1 Å². The van der Waals surface area contributed by atoms with Crippen molar-refractivity contribution in [2.45, 2.75) is 0 Å². The lowest BCUT2D eigenvalue weighted by Gasteiger charge is -2.14. The van der Waals surface area contributed by atoms with E-state index in [1.165, 1.54) is 13.2 Å². The van der Waals surface area contributed by atoms with Crippen molar-refractivity contribution in [1.29, 1.82) is 0 Å². The molecule has 0 spiro atoms. The van der Waals surface area contributed by atoms with Gasteiger partial charge in [0.2, 0.25) is 0 Å². The zero-order chi connectivity index (χ0) is 11.6. The summed E-state index contributed by atoms with van der Waals surface area (Å²) in [5.41, 5.74) is 0.356. The Morgan fingerprint density at radius 3 is 2.53 bits per heavy atom. The second kappa shape index (κ2) is 4.49. The maximum Gasteiger partial charge on any atom is 0.339 e. The van der Waals surface area contributed by atoms with Gasteiger partial charge >= 0.3 is 5.97 Å². The Morgan fingerprint density at radius 1 is 1.47 bits per heavy atom. The number of ether oxygens (including phenoxy) is 1. The van der Waals surface area contributed by atoms with Crippen molar-refractivity contribution in [2.75, 3.05) is 26.1 Å². The Hall–Kier alpha value is -1.29. The third-order valence-electron chi connectivity index (χ3n) is 1.92. The molecule has 0 fully saturated rings. The summed E-state index contributed by atoms with van der Waals surface area (Å²) < 4.78 is 17.9. The predicted octanol–water partition coefficient (Wildman–Crippen LogP) is 2.33. The summed E-state index contributed by atoms with van der Waals surface area (Å²) in [7, 11) is 4.59. The summed E-state index contributed by atoms with van der Waals surface area (Å²) in [6, 6.07) is 2.46. The Morgan fingerprint density at radius 2 is 2.07 bits per heavy atom. The van der Waals surface area contributed by atoms with E-state index in [1.54, 1.807) is 19.0 Å². The van der Waals surface area contributed by atoms with Crippen LogP contribution in [0.15, 0.2) is 12.1 Å². The van der Waals surface area contributed by atoms with Crippen molar-refractivity contribution in [1.82, 2.24) is 0 Å². The molecule has 0 atom stereocenters. The maximum absolute atomic E-state index is 13.5. The number of nitrogens with zero attached hydrogens (tertiary/aromatic N) is 1. The van der Waals surface area contributed by atoms with E-state index >= 15 is 0 Å². The van der Waals surface area contributed by atoms with E-state index < -0.39 is 11.8 Å². The molecule has 0 radical (unpaired) electrons. The molecule has 0 unspecified atom stereocenters. The molecule has 1 rings (SSSR count). The standard InChI is InChI=1S/C10H11ClFNO2/c1-13(2)9-5-7(11)6(4-8(9)12)10(14)15-3/h4-5H,1-3H3. The molecule has 82 valence electrons. The summed E-state index contributed by atoms with van der Waals surface area (Å²) in [5.74, 6) is -1.16. The van der Waals surface area contributed by atoms with Crippen molar-refractivity contribution in [3.63, 3.8) is 0 Å². The van der Waals surface area contributed by atoms with E-state index in [0.29, 0.717) is 5.69 Å². The first-order valence-corrected chi connectivity index (χ1v) is 4.60. The molecule has 0 saturated carbocycles. The molecular formula is C10H11ClFNO2. The highest BCUT2D eigenvalue weighted by atomic mass is 35.5. The number of methoxy groups -OCH3 is 1. The molecule has 0 aliphatic rings. The van der Waals surface area contributed by atoms with E-state index in [4.69, 9.17) is 11.6 Å². The van der Waals surface area contributed by atoms with Gasteiger partial charge in [0.15, 0.2) is 0 Å². The minimum atomic E-state index is -0.649. The highest BCUT2D eigenvalue weighted by Gasteiger charge is 2.15. The van der Waals surface area contributed by atoms with Crippen LogP contribution in [0.25, 0.3) is 0 Å². The number of hydrogen-bond acceptors (Lipinski definition) is 3. The second-order valence-corrected chi connectivity index (χ2v) is 3.58. The number of halogens is 2. The van der Waals surface area contributed by atoms with Gasteiger partial charge in [0.05, 0.1) is 23.4 Å².